The van der Waals surface area contributed by atoms with E-state index in [1.807, 2.05) is 6.92 Å². The lowest BCUT2D eigenvalue weighted by Gasteiger charge is -2.30. The first-order chi connectivity index (χ1) is 69.4. The summed E-state index contributed by atoms with van der Waals surface area (Å²) in [5, 5.41) is 105. The van der Waals surface area contributed by atoms with Crippen LogP contribution >= 0.6 is 11.8 Å². The zero-order chi connectivity index (χ0) is 111. The SMILES string of the molecule is CC[C@H](C)[C@H](NC(=O)[C@H](CCCCN)NC(=O)[C@H](CCCCN)NC(=O)[C@H](CO)NC(=O)[C@@H](NC(=O)CNC(=O)[C@H](CCCNC(=N)N)NC(=O)[C@H](CC(C)C)NC(=O)[C@@H](NC(=O)[C@@H](N)CCCCN)[C@@H](C)CC)C(C)C)C(=O)N[C@@H](CCSC)C(=O)N[C@@H](CCCNC(=N)N)C(=O)N[C@H](C(=O)N[C@@H](Cc1ccccc1)C(=O)N[C@@H](CC(C)C)C(=O)N[C@@H](CCCNC(=N)N)C(=O)N[C@@H](CCCNC(=N)N)C(N)=O)[C@@H](C)O. The molecule has 0 radical (unpaired) electrons. The number of rotatable bonds is 77. The third kappa shape index (κ3) is 54.6. The van der Waals surface area contributed by atoms with Crippen LogP contribution < -0.4 is 158 Å². The molecule has 0 aliphatic rings. The van der Waals surface area contributed by atoms with Crippen LogP contribution in [0.1, 0.15) is 223 Å². The molecule has 1 aromatic carbocycles. The quantitative estimate of drug-likeness (QED) is 0.0164. The number of benzene rings is 1. The molecule has 0 aliphatic heterocycles. The first-order valence-corrected chi connectivity index (χ1v) is 51.9. The van der Waals surface area contributed by atoms with Gasteiger partial charge in [-0.2, -0.15) is 11.8 Å². The number of hydrogen-bond acceptors (Lipinski definition) is 28. The van der Waals surface area contributed by atoms with E-state index >= 15 is 0 Å². The first kappa shape index (κ1) is 132. The van der Waals surface area contributed by atoms with Gasteiger partial charge >= 0.3 is 0 Å². The van der Waals surface area contributed by atoms with Crippen molar-refractivity contribution in [2.75, 3.05) is 71.0 Å². The average Bonchev–Trinajstić information content (AvgIpc) is 0.832. The van der Waals surface area contributed by atoms with Gasteiger partial charge in [-0.1, -0.05) is 119 Å². The van der Waals surface area contributed by atoms with Gasteiger partial charge in [0.15, 0.2) is 23.8 Å². The Bertz CT molecular complexity index is 4340. The van der Waals surface area contributed by atoms with Crippen LogP contribution in [-0.4, -0.2) is 308 Å². The number of amides is 17. The van der Waals surface area contributed by atoms with E-state index in [0.29, 0.717) is 50.6 Å². The highest BCUT2D eigenvalue weighted by Gasteiger charge is 2.41. The van der Waals surface area contributed by atoms with E-state index in [-0.39, 0.29) is 184 Å². The van der Waals surface area contributed by atoms with Gasteiger partial charge in [0.2, 0.25) is 100 Å². The topological polar surface area (TPSA) is 901 Å². The van der Waals surface area contributed by atoms with E-state index < -0.39 is 240 Å². The lowest BCUT2D eigenvalue weighted by Crippen LogP contribution is -2.62. The number of primary amides is 1. The number of thioether (sulfide) groups is 1. The van der Waals surface area contributed by atoms with Crippen molar-refractivity contribution in [2.24, 2.45) is 81.2 Å². The molecule has 53 heteroatoms. The summed E-state index contributed by atoms with van der Waals surface area (Å²) in [4.78, 5) is 243. The molecule has 0 heterocycles. The minimum atomic E-state index is -1.89. The molecule has 0 fully saturated rings. The molecule has 834 valence electrons. The summed E-state index contributed by atoms with van der Waals surface area (Å²) in [6, 6.07) is -14.5. The Morgan fingerprint density at radius 1 is 0.333 bits per heavy atom. The van der Waals surface area contributed by atoms with Gasteiger partial charge in [-0.3, -0.25) is 103 Å². The van der Waals surface area contributed by atoms with Gasteiger partial charge in [0.25, 0.3) is 0 Å². The summed E-state index contributed by atoms with van der Waals surface area (Å²) in [7, 11) is 0. The predicted octanol–water partition coefficient (Wildman–Crippen LogP) is -7.16. The number of unbranched alkanes of at least 4 members (excludes halogenated alkanes) is 3. The van der Waals surface area contributed by atoms with Crippen molar-refractivity contribution in [1.82, 2.24) is 106 Å². The van der Waals surface area contributed by atoms with E-state index in [2.05, 4.69) is 106 Å². The van der Waals surface area contributed by atoms with Crippen molar-refractivity contribution < 1.29 is 91.7 Å². The number of carbonyl (C=O) groups is 17. The fraction of sp³-hybridized carbons (Fsp3) is 0.713. The molecular formula is C94H173N33O19S. The molecule has 52 nitrogen and oxygen atoms in total. The number of nitrogens with two attached hydrogens (primary N) is 9. The molecule has 0 aliphatic carbocycles. The number of nitrogens with one attached hydrogen (secondary N) is 24. The van der Waals surface area contributed by atoms with E-state index in [1.165, 1.54) is 18.7 Å². The summed E-state index contributed by atoms with van der Waals surface area (Å²) >= 11 is 1.29. The summed E-state index contributed by atoms with van der Waals surface area (Å²) in [6.45, 7) is 17.5. The molecule has 1 aromatic rings. The Balaban J connectivity index is 3.76. The standard InChI is InChI=1S/C94H173N33O19S/c1-13-54(9)72(125-76(132)58(98)30-18-21-38-95)89(145)121-67(47-52(5)6)84(140)114-60(34-25-42-109-92(102)103)77(133)112-49-70(130)124-71(53(7)8)87(143)123-69(50-128)86(142)118-61(31-19-22-39-96)79(135)115-62(32-20-23-40-97)81(137)126-73(55(10)14-2)88(144)119-65(37-45-147-12)80(136)116-64(36-27-44-111-94(106)107)82(138)127-74(56(11)129)90(146)122-68(48-57-28-16-15-17-29-57)85(141)120-66(46-51(3)4)83(139)117-63(35-26-43-110-93(104)105)78(134)113-59(75(99)131)33-24-41-108-91(100)101/h15-17,28-29,51-56,58-69,71-74,128-129H,13-14,18-27,30-50,95-98H2,1-12H3,(H2,99,131)(H,112,133)(H,113,134)(H,114,140)(H,115,135)(H,116,136)(H,117,139)(H,118,142)(H,119,144)(H,120,141)(H,121,145)(H,122,146)(H,123,143)(H,124,130)(H,125,132)(H,126,137)(H,127,138)(H4,100,101,108)(H4,102,103,109)(H4,104,105,110)(H4,106,107,111)/t54-,55-,56+,58-,59-,60-,61-,62-,63-,64-,65-,66-,67-,68-,69-,71-,72-,73-,74-/m0/s1. The Morgan fingerprint density at radius 2 is 0.633 bits per heavy atom. The van der Waals surface area contributed by atoms with Crippen molar-refractivity contribution in [3.8, 4) is 0 Å². The van der Waals surface area contributed by atoms with Crippen LogP contribution in [0.3, 0.4) is 0 Å². The van der Waals surface area contributed by atoms with Gasteiger partial charge in [-0.15, -0.1) is 0 Å². The molecule has 0 bridgehead atoms. The zero-order valence-electron chi connectivity index (χ0n) is 87.4. The van der Waals surface area contributed by atoms with E-state index in [9.17, 15) is 91.7 Å². The van der Waals surface area contributed by atoms with Gasteiger partial charge in [0.05, 0.1) is 25.3 Å². The maximum Gasteiger partial charge on any atom is 0.245 e. The Labute approximate surface area is 866 Å². The Morgan fingerprint density at radius 3 is 1.00 bits per heavy atom. The summed E-state index contributed by atoms with van der Waals surface area (Å²) in [6.07, 6.45) is 3.00. The molecular weight excluding hydrogens is 1930 g/mol. The minimum Gasteiger partial charge on any atom is -0.394 e. The van der Waals surface area contributed by atoms with Gasteiger partial charge < -0.3 is 168 Å². The molecule has 0 unspecified atom stereocenters. The summed E-state index contributed by atoms with van der Waals surface area (Å²) in [5.74, 6) is -18.9. The van der Waals surface area contributed by atoms with Crippen molar-refractivity contribution in [3.05, 3.63) is 35.9 Å². The second-order valence-corrected chi connectivity index (χ2v) is 38.8. The van der Waals surface area contributed by atoms with E-state index in [1.54, 1.807) is 98.9 Å². The van der Waals surface area contributed by atoms with Crippen molar-refractivity contribution in [2.45, 2.75) is 327 Å². The van der Waals surface area contributed by atoms with Gasteiger partial charge in [-0.25, -0.2) is 0 Å². The molecule has 1 rings (SSSR count). The van der Waals surface area contributed by atoms with Crippen LogP contribution in [0, 0.1) is 51.2 Å². The van der Waals surface area contributed by atoms with Crippen molar-refractivity contribution in [1.29, 1.82) is 21.6 Å². The lowest BCUT2D eigenvalue weighted by atomic mass is 9.96. The third-order valence-corrected chi connectivity index (χ3v) is 24.6. The monoisotopic (exact) mass is 2100 g/mol. The van der Waals surface area contributed by atoms with Crippen LogP contribution in [0.5, 0.6) is 0 Å². The third-order valence-electron chi connectivity index (χ3n) is 24.0. The molecule has 17 amide bonds. The lowest BCUT2D eigenvalue weighted by molar-refractivity contribution is -0.137. The second kappa shape index (κ2) is 73.5. The number of aliphatic hydroxyl groups excluding tert-OH is 2. The molecule has 44 N–H and O–H groups in total. The molecule has 147 heavy (non-hydrogen) atoms. The number of carbonyl (C=O) groups excluding carboxylic acids is 17. The van der Waals surface area contributed by atoms with Crippen LogP contribution in [0.25, 0.3) is 0 Å². The number of guanidine groups is 4. The fourth-order valence-corrected chi connectivity index (χ4v) is 15.6. The summed E-state index contributed by atoms with van der Waals surface area (Å²) in [5.41, 5.74) is 51.7. The largest absolute Gasteiger partial charge is 0.394 e. The molecule has 0 spiro atoms. The average molecular weight is 2100 g/mol. The molecule has 0 saturated heterocycles. The smallest absolute Gasteiger partial charge is 0.245 e. The highest BCUT2D eigenvalue weighted by Crippen LogP contribution is 2.19. The van der Waals surface area contributed by atoms with E-state index in [0.717, 1.165) is 0 Å². The second-order valence-electron chi connectivity index (χ2n) is 37.9. The highest BCUT2D eigenvalue weighted by atomic mass is 32.2. The Kier molecular flexibility index (Phi) is 66.2. The first-order valence-electron chi connectivity index (χ1n) is 50.6. The van der Waals surface area contributed by atoms with Crippen LogP contribution in [0.2, 0.25) is 0 Å². The maximum absolute atomic E-state index is 15.0. The van der Waals surface area contributed by atoms with Gasteiger partial charge in [-0.05, 0) is 196 Å². The maximum atomic E-state index is 15.0. The number of aliphatic hydroxyl groups is 2. The van der Waals surface area contributed by atoms with Crippen molar-refractivity contribution in [3.63, 3.8) is 0 Å². The predicted molar refractivity (Wildman–Crippen MR) is 559 cm³/mol. The van der Waals surface area contributed by atoms with Crippen LogP contribution in [0.15, 0.2) is 30.3 Å². The molecule has 0 aromatic heterocycles. The van der Waals surface area contributed by atoms with Crippen molar-refractivity contribution >= 4 is 136 Å². The molecule has 0 saturated carbocycles. The Hall–Kier alpha value is -12.6. The number of hydrogen-bond donors (Lipinski definition) is 35. The van der Waals surface area contributed by atoms with Crippen LogP contribution in [0.4, 0.5) is 0 Å². The normalized spacial score (nSPS) is 15.1. The fourth-order valence-electron chi connectivity index (χ4n) is 15.1. The van der Waals surface area contributed by atoms with E-state index in [4.69, 9.17) is 73.2 Å². The summed E-state index contributed by atoms with van der Waals surface area (Å²) < 4.78 is 0. The molecule has 19 atom stereocenters. The zero-order valence-corrected chi connectivity index (χ0v) is 88.2. The van der Waals surface area contributed by atoms with Gasteiger partial charge in [0, 0.05) is 32.6 Å². The van der Waals surface area contributed by atoms with Gasteiger partial charge in [0.1, 0.15) is 90.6 Å². The highest BCUT2D eigenvalue weighted by molar-refractivity contribution is 7.98. The minimum absolute atomic E-state index is 0.0110. The van der Waals surface area contributed by atoms with Crippen LogP contribution in [-0.2, 0) is 87.9 Å².